The zero-order valence-electron chi connectivity index (χ0n) is 5.78. The lowest BCUT2D eigenvalue weighted by atomic mass is 10.2. The summed E-state index contributed by atoms with van der Waals surface area (Å²) in [5.74, 6) is -0.342. The van der Waals surface area contributed by atoms with Crippen molar-refractivity contribution in [2.45, 2.75) is 6.42 Å². The van der Waals surface area contributed by atoms with E-state index in [1.165, 1.54) is 6.07 Å². The third kappa shape index (κ3) is 2.46. The maximum absolute atomic E-state index is 12.8. The van der Waals surface area contributed by atoms with Crippen molar-refractivity contribution in [3.05, 3.63) is 34.6 Å². The molecule has 0 amide bonds. The van der Waals surface area contributed by atoms with Crippen molar-refractivity contribution in [3.8, 4) is 0 Å². The summed E-state index contributed by atoms with van der Waals surface area (Å²) < 4.78 is 12.8. The number of alkyl halides is 1. The second-order valence-corrected chi connectivity index (χ2v) is 3.39. The first-order valence-electron chi connectivity index (χ1n) is 3.24. The van der Waals surface area contributed by atoms with Crippen LogP contribution < -0.4 is 0 Å². The Bertz CT molecular complexity index is 250. The molecule has 0 bridgehead atoms. The Morgan fingerprint density at radius 3 is 2.73 bits per heavy atom. The predicted molar refractivity (Wildman–Crippen MR) is 48.9 cm³/mol. The standard InChI is InChI=1S/C8H7BrClF/c9-4-3-6-1-2-7(10)8(11)5-6/h1-2,5H,3-4H2. The maximum atomic E-state index is 12.8. The summed E-state index contributed by atoms with van der Waals surface area (Å²) in [6.45, 7) is 0. The van der Waals surface area contributed by atoms with Gasteiger partial charge < -0.3 is 0 Å². The van der Waals surface area contributed by atoms with Crippen LogP contribution in [0.3, 0.4) is 0 Å². The van der Waals surface area contributed by atoms with Crippen LogP contribution in [0.5, 0.6) is 0 Å². The van der Waals surface area contributed by atoms with Crippen molar-refractivity contribution in [1.29, 1.82) is 0 Å². The Hall–Kier alpha value is -0.0800. The lowest BCUT2D eigenvalue weighted by molar-refractivity contribution is 0.626. The van der Waals surface area contributed by atoms with Crippen molar-refractivity contribution >= 4 is 27.5 Å². The highest BCUT2D eigenvalue weighted by Gasteiger charge is 1.99. The first kappa shape index (κ1) is 9.01. The Kier molecular flexibility index (Phi) is 3.34. The van der Waals surface area contributed by atoms with Crippen LogP contribution in [0.25, 0.3) is 0 Å². The molecule has 0 heterocycles. The van der Waals surface area contributed by atoms with E-state index in [1.807, 2.05) is 6.07 Å². The number of benzene rings is 1. The second kappa shape index (κ2) is 4.07. The summed E-state index contributed by atoms with van der Waals surface area (Å²) in [6.07, 6.45) is 0.827. The van der Waals surface area contributed by atoms with Gasteiger partial charge in [-0.3, -0.25) is 0 Å². The molecule has 0 N–H and O–H groups in total. The average Bonchev–Trinajstić information content (AvgIpc) is 1.98. The van der Waals surface area contributed by atoms with Gasteiger partial charge in [-0.05, 0) is 24.1 Å². The molecule has 0 aliphatic heterocycles. The van der Waals surface area contributed by atoms with Crippen LogP contribution in [0.2, 0.25) is 5.02 Å². The largest absolute Gasteiger partial charge is 0.205 e. The van der Waals surface area contributed by atoms with E-state index in [-0.39, 0.29) is 10.8 Å². The topological polar surface area (TPSA) is 0 Å². The molecule has 11 heavy (non-hydrogen) atoms. The van der Waals surface area contributed by atoms with Gasteiger partial charge in [-0.25, -0.2) is 4.39 Å². The van der Waals surface area contributed by atoms with E-state index in [2.05, 4.69) is 15.9 Å². The van der Waals surface area contributed by atoms with Gasteiger partial charge in [-0.15, -0.1) is 0 Å². The molecule has 0 aromatic heterocycles. The molecule has 1 aromatic rings. The van der Waals surface area contributed by atoms with E-state index in [0.717, 1.165) is 17.3 Å². The molecular formula is C8H7BrClF. The smallest absolute Gasteiger partial charge is 0.142 e. The summed E-state index contributed by atoms with van der Waals surface area (Å²) >= 11 is 8.77. The van der Waals surface area contributed by atoms with Gasteiger partial charge in [-0.2, -0.15) is 0 Å². The van der Waals surface area contributed by atoms with Crippen LogP contribution >= 0.6 is 27.5 Å². The summed E-state index contributed by atoms with van der Waals surface area (Å²) in [7, 11) is 0. The second-order valence-electron chi connectivity index (χ2n) is 2.19. The molecule has 0 saturated carbocycles. The van der Waals surface area contributed by atoms with E-state index in [0.29, 0.717) is 0 Å². The molecule has 1 aromatic carbocycles. The van der Waals surface area contributed by atoms with Crippen LogP contribution in [-0.4, -0.2) is 5.33 Å². The van der Waals surface area contributed by atoms with E-state index < -0.39 is 0 Å². The molecule has 60 valence electrons. The van der Waals surface area contributed by atoms with Crippen molar-refractivity contribution in [2.75, 3.05) is 5.33 Å². The van der Waals surface area contributed by atoms with Crippen molar-refractivity contribution in [1.82, 2.24) is 0 Å². The zero-order chi connectivity index (χ0) is 8.27. The number of halogens is 3. The van der Waals surface area contributed by atoms with Gasteiger partial charge in [0, 0.05) is 5.33 Å². The highest BCUT2D eigenvalue weighted by molar-refractivity contribution is 9.09. The molecule has 0 aliphatic carbocycles. The summed E-state index contributed by atoms with van der Waals surface area (Å²) in [4.78, 5) is 0. The Labute approximate surface area is 78.5 Å². The van der Waals surface area contributed by atoms with E-state index >= 15 is 0 Å². The Morgan fingerprint density at radius 1 is 1.45 bits per heavy atom. The van der Waals surface area contributed by atoms with Crippen LogP contribution in [-0.2, 0) is 6.42 Å². The molecular weight excluding hydrogens is 230 g/mol. The third-order valence-corrected chi connectivity index (χ3v) is 2.07. The van der Waals surface area contributed by atoms with E-state index in [1.54, 1.807) is 6.07 Å². The number of rotatable bonds is 2. The monoisotopic (exact) mass is 236 g/mol. The van der Waals surface area contributed by atoms with Gasteiger partial charge in [0.15, 0.2) is 0 Å². The predicted octanol–water partition coefficient (Wildman–Crippen LogP) is 3.42. The van der Waals surface area contributed by atoms with Crippen molar-refractivity contribution < 1.29 is 4.39 Å². The van der Waals surface area contributed by atoms with E-state index in [9.17, 15) is 4.39 Å². The molecule has 0 spiro atoms. The fourth-order valence-electron chi connectivity index (χ4n) is 0.804. The first-order valence-corrected chi connectivity index (χ1v) is 4.74. The fraction of sp³-hybridized carbons (Fsp3) is 0.250. The lowest BCUT2D eigenvalue weighted by Crippen LogP contribution is -1.87. The van der Waals surface area contributed by atoms with Gasteiger partial charge >= 0.3 is 0 Å². The lowest BCUT2D eigenvalue weighted by Gasteiger charge is -1.98. The number of hydrogen-bond donors (Lipinski definition) is 0. The van der Waals surface area contributed by atoms with Gasteiger partial charge in [0.05, 0.1) is 5.02 Å². The van der Waals surface area contributed by atoms with Gasteiger partial charge in [0.1, 0.15) is 5.82 Å². The summed E-state index contributed by atoms with van der Waals surface area (Å²) in [5, 5.41) is 1.02. The minimum absolute atomic E-state index is 0.184. The van der Waals surface area contributed by atoms with Crippen molar-refractivity contribution in [3.63, 3.8) is 0 Å². The van der Waals surface area contributed by atoms with Crippen molar-refractivity contribution in [2.24, 2.45) is 0 Å². The summed E-state index contributed by atoms with van der Waals surface area (Å²) in [6, 6.07) is 4.87. The molecule has 0 nitrogen and oxygen atoms in total. The van der Waals surface area contributed by atoms with E-state index in [4.69, 9.17) is 11.6 Å². The molecule has 3 heteroatoms. The summed E-state index contributed by atoms with van der Waals surface area (Å²) in [5.41, 5.74) is 0.962. The highest BCUT2D eigenvalue weighted by Crippen LogP contribution is 2.15. The third-order valence-electron chi connectivity index (χ3n) is 1.37. The Balaban J connectivity index is 2.86. The first-order chi connectivity index (χ1) is 5.24. The molecule has 0 unspecified atom stereocenters. The van der Waals surface area contributed by atoms with Crippen LogP contribution in [0, 0.1) is 5.82 Å². The zero-order valence-corrected chi connectivity index (χ0v) is 8.12. The highest BCUT2D eigenvalue weighted by atomic mass is 79.9. The van der Waals surface area contributed by atoms with Gasteiger partial charge in [0.2, 0.25) is 0 Å². The van der Waals surface area contributed by atoms with Crippen LogP contribution in [0.1, 0.15) is 5.56 Å². The minimum Gasteiger partial charge on any atom is -0.205 e. The van der Waals surface area contributed by atoms with Gasteiger partial charge in [0.25, 0.3) is 0 Å². The number of hydrogen-bond acceptors (Lipinski definition) is 0. The minimum atomic E-state index is -0.342. The molecule has 0 aliphatic rings. The van der Waals surface area contributed by atoms with Crippen LogP contribution in [0.4, 0.5) is 4.39 Å². The average molecular weight is 237 g/mol. The SMILES string of the molecule is Fc1cc(CCBr)ccc1Cl. The molecule has 0 fully saturated rings. The number of aryl methyl sites for hydroxylation is 1. The maximum Gasteiger partial charge on any atom is 0.142 e. The van der Waals surface area contributed by atoms with Gasteiger partial charge in [-0.1, -0.05) is 33.6 Å². The molecule has 0 saturated heterocycles. The van der Waals surface area contributed by atoms with Crippen LogP contribution in [0.15, 0.2) is 18.2 Å². The Morgan fingerprint density at radius 2 is 2.18 bits per heavy atom. The quantitative estimate of drug-likeness (QED) is 0.692. The molecule has 0 atom stereocenters. The molecule has 1 rings (SSSR count). The normalized spacial score (nSPS) is 10.1. The molecule has 0 radical (unpaired) electrons. The fourth-order valence-corrected chi connectivity index (χ4v) is 1.38.